The second-order valence-corrected chi connectivity index (χ2v) is 5.90. The summed E-state index contributed by atoms with van der Waals surface area (Å²) in [6.07, 6.45) is 4.48. The Labute approximate surface area is 103 Å². The topological polar surface area (TPSA) is 52.6 Å². The van der Waals surface area contributed by atoms with Crippen LogP contribution >= 0.6 is 0 Å². The minimum atomic E-state index is -0.705. The lowest BCUT2D eigenvalue weighted by atomic mass is 10.0. The van der Waals surface area contributed by atoms with Crippen molar-refractivity contribution < 1.29 is 9.90 Å². The molecule has 0 radical (unpaired) electrons. The van der Waals surface area contributed by atoms with Gasteiger partial charge >= 0.3 is 5.97 Å². The lowest BCUT2D eigenvalue weighted by Crippen LogP contribution is -2.45. The summed E-state index contributed by atoms with van der Waals surface area (Å²) in [7, 11) is 0. The molecule has 2 aliphatic rings. The maximum atomic E-state index is 11.2. The maximum Gasteiger partial charge on any atom is 0.320 e. The lowest BCUT2D eigenvalue weighted by Gasteiger charge is -2.21. The number of carbonyl (C=O) groups is 1. The summed E-state index contributed by atoms with van der Waals surface area (Å²) in [4.78, 5) is 13.7. The van der Waals surface area contributed by atoms with E-state index in [1.165, 1.54) is 12.8 Å². The van der Waals surface area contributed by atoms with E-state index in [1.54, 1.807) is 0 Å². The first-order valence-electron chi connectivity index (χ1n) is 6.79. The Kier molecular flexibility index (Phi) is 4.05. The zero-order valence-electron chi connectivity index (χ0n) is 10.9. The second-order valence-electron chi connectivity index (χ2n) is 5.90. The molecule has 0 spiro atoms. The molecule has 98 valence electrons. The van der Waals surface area contributed by atoms with Crippen LogP contribution in [0.2, 0.25) is 0 Å². The third-order valence-corrected chi connectivity index (χ3v) is 3.73. The van der Waals surface area contributed by atoms with Gasteiger partial charge < -0.3 is 10.4 Å². The van der Waals surface area contributed by atoms with Crippen molar-refractivity contribution in [2.24, 2.45) is 5.92 Å². The van der Waals surface area contributed by atoms with Gasteiger partial charge in [0.05, 0.1) is 0 Å². The summed E-state index contributed by atoms with van der Waals surface area (Å²) in [6, 6.07) is 0.796. The molecular formula is C13H24N2O2. The number of hydrogen-bond acceptors (Lipinski definition) is 3. The maximum absolute atomic E-state index is 11.2. The number of nitrogens with one attached hydrogen (secondary N) is 1. The molecule has 1 saturated carbocycles. The van der Waals surface area contributed by atoms with E-state index in [1.807, 2.05) is 0 Å². The number of carboxylic acids is 1. The van der Waals surface area contributed by atoms with Gasteiger partial charge in [0, 0.05) is 25.2 Å². The Morgan fingerprint density at radius 2 is 2.12 bits per heavy atom. The minimum Gasteiger partial charge on any atom is -0.480 e. The van der Waals surface area contributed by atoms with Gasteiger partial charge in [-0.2, -0.15) is 0 Å². The molecular weight excluding hydrogens is 216 g/mol. The van der Waals surface area contributed by atoms with E-state index >= 15 is 0 Å². The predicted molar refractivity (Wildman–Crippen MR) is 67.0 cm³/mol. The van der Waals surface area contributed by atoms with Gasteiger partial charge in [-0.15, -0.1) is 0 Å². The molecule has 4 heteroatoms. The summed E-state index contributed by atoms with van der Waals surface area (Å²) >= 11 is 0. The van der Waals surface area contributed by atoms with Gasteiger partial charge in [-0.1, -0.05) is 13.8 Å². The number of nitrogens with zero attached hydrogens (tertiary/aromatic N) is 1. The average molecular weight is 240 g/mol. The SMILES string of the molecule is CC(C)CC(NC1CCN(C2CC2)C1)C(=O)O. The zero-order chi connectivity index (χ0) is 12.4. The Morgan fingerprint density at radius 3 is 2.65 bits per heavy atom. The van der Waals surface area contributed by atoms with E-state index in [2.05, 4.69) is 24.1 Å². The van der Waals surface area contributed by atoms with Crippen LogP contribution in [0, 0.1) is 5.92 Å². The number of aliphatic carboxylic acids is 1. The van der Waals surface area contributed by atoms with E-state index in [4.69, 9.17) is 0 Å². The quantitative estimate of drug-likeness (QED) is 0.735. The van der Waals surface area contributed by atoms with Crippen LogP contribution in [-0.2, 0) is 4.79 Å². The van der Waals surface area contributed by atoms with Crippen molar-refractivity contribution in [1.29, 1.82) is 0 Å². The van der Waals surface area contributed by atoms with Crippen LogP contribution in [0.4, 0.5) is 0 Å². The van der Waals surface area contributed by atoms with Crippen molar-refractivity contribution in [2.75, 3.05) is 13.1 Å². The van der Waals surface area contributed by atoms with Crippen molar-refractivity contribution in [3.05, 3.63) is 0 Å². The molecule has 0 aromatic rings. The largest absolute Gasteiger partial charge is 0.480 e. The molecule has 2 N–H and O–H groups in total. The first-order chi connectivity index (χ1) is 8.06. The molecule has 2 fully saturated rings. The van der Waals surface area contributed by atoms with Gasteiger partial charge in [0.15, 0.2) is 0 Å². The molecule has 0 aromatic heterocycles. The molecule has 2 atom stereocenters. The molecule has 1 heterocycles. The highest BCUT2D eigenvalue weighted by Gasteiger charge is 2.35. The molecule has 4 nitrogen and oxygen atoms in total. The first kappa shape index (κ1) is 12.8. The Morgan fingerprint density at radius 1 is 1.41 bits per heavy atom. The van der Waals surface area contributed by atoms with Crippen molar-refractivity contribution >= 4 is 5.97 Å². The fourth-order valence-corrected chi connectivity index (χ4v) is 2.69. The molecule has 0 amide bonds. The number of likely N-dealkylation sites (tertiary alicyclic amines) is 1. The van der Waals surface area contributed by atoms with Gasteiger partial charge in [0.2, 0.25) is 0 Å². The lowest BCUT2D eigenvalue weighted by molar-refractivity contribution is -0.140. The number of hydrogen-bond donors (Lipinski definition) is 2. The third kappa shape index (κ3) is 3.68. The summed E-state index contributed by atoms with van der Waals surface area (Å²) < 4.78 is 0. The number of rotatable bonds is 6. The molecule has 1 aliphatic heterocycles. The summed E-state index contributed by atoms with van der Waals surface area (Å²) in [5.74, 6) is -0.284. The van der Waals surface area contributed by atoms with E-state index in [0.29, 0.717) is 12.0 Å². The van der Waals surface area contributed by atoms with Crippen LogP contribution in [0.25, 0.3) is 0 Å². The standard InChI is InChI=1S/C13H24N2O2/c1-9(2)7-12(13(16)17)14-10-5-6-15(8-10)11-3-4-11/h9-12,14H,3-8H2,1-2H3,(H,16,17). The van der Waals surface area contributed by atoms with E-state index in [-0.39, 0.29) is 6.04 Å². The van der Waals surface area contributed by atoms with Crippen LogP contribution in [0.3, 0.4) is 0 Å². The molecule has 2 unspecified atom stereocenters. The molecule has 0 bridgehead atoms. The third-order valence-electron chi connectivity index (χ3n) is 3.73. The highest BCUT2D eigenvalue weighted by atomic mass is 16.4. The fraction of sp³-hybridized carbons (Fsp3) is 0.923. The highest BCUT2D eigenvalue weighted by Crippen LogP contribution is 2.29. The van der Waals surface area contributed by atoms with Crippen molar-refractivity contribution in [1.82, 2.24) is 10.2 Å². The van der Waals surface area contributed by atoms with E-state index < -0.39 is 5.97 Å². The molecule has 1 saturated heterocycles. The molecule has 1 aliphatic carbocycles. The van der Waals surface area contributed by atoms with Crippen molar-refractivity contribution in [3.8, 4) is 0 Å². The van der Waals surface area contributed by atoms with Gasteiger partial charge in [-0.25, -0.2) is 0 Å². The van der Waals surface area contributed by atoms with Crippen molar-refractivity contribution in [2.45, 2.75) is 57.7 Å². The second kappa shape index (κ2) is 5.36. The van der Waals surface area contributed by atoms with E-state index in [0.717, 1.165) is 32.0 Å². The molecule has 2 rings (SSSR count). The average Bonchev–Trinajstić information content (AvgIpc) is 2.98. The highest BCUT2D eigenvalue weighted by molar-refractivity contribution is 5.73. The minimum absolute atomic E-state index is 0.371. The van der Waals surface area contributed by atoms with Gasteiger partial charge in [0.25, 0.3) is 0 Å². The van der Waals surface area contributed by atoms with Gasteiger partial charge in [-0.05, 0) is 31.6 Å². The number of carboxylic acid groups (broad SMARTS) is 1. The Bertz CT molecular complexity index is 277. The Balaban J connectivity index is 1.79. The summed E-state index contributed by atoms with van der Waals surface area (Å²) in [6.45, 7) is 6.31. The van der Waals surface area contributed by atoms with Crippen molar-refractivity contribution in [3.63, 3.8) is 0 Å². The molecule has 0 aromatic carbocycles. The van der Waals surface area contributed by atoms with Gasteiger partial charge in [0.1, 0.15) is 6.04 Å². The van der Waals surface area contributed by atoms with Crippen LogP contribution in [0.1, 0.15) is 39.5 Å². The Hall–Kier alpha value is -0.610. The fourth-order valence-electron chi connectivity index (χ4n) is 2.69. The smallest absolute Gasteiger partial charge is 0.320 e. The summed E-state index contributed by atoms with van der Waals surface area (Å²) in [5, 5.41) is 12.5. The van der Waals surface area contributed by atoms with Crippen LogP contribution in [0.15, 0.2) is 0 Å². The van der Waals surface area contributed by atoms with Crippen LogP contribution in [0.5, 0.6) is 0 Å². The van der Waals surface area contributed by atoms with Crippen LogP contribution < -0.4 is 5.32 Å². The van der Waals surface area contributed by atoms with Gasteiger partial charge in [-0.3, -0.25) is 9.69 Å². The first-order valence-corrected chi connectivity index (χ1v) is 6.79. The monoisotopic (exact) mass is 240 g/mol. The predicted octanol–water partition coefficient (Wildman–Crippen LogP) is 1.31. The van der Waals surface area contributed by atoms with Crippen LogP contribution in [-0.4, -0.2) is 47.2 Å². The molecule has 17 heavy (non-hydrogen) atoms. The summed E-state index contributed by atoms with van der Waals surface area (Å²) in [5.41, 5.74) is 0. The van der Waals surface area contributed by atoms with E-state index in [9.17, 15) is 9.90 Å². The normalized spacial score (nSPS) is 27.6. The zero-order valence-corrected chi connectivity index (χ0v) is 10.9.